The van der Waals surface area contributed by atoms with Crippen molar-refractivity contribution in [2.24, 2.45) is 11.3 Å². The molecule has 3 unspecified atom stereocenters. The van der Waals surface area contributed by atoms with E-state index in [9.17, 15) is 10.4 Å². The van der Waals surface area contributed by atoms with Crippen molar-refractivity contribution < 1.29 is 5.11 Å². The number of hydrogen-bond acceptors (Lipinski definition) is 3. The van der Waals surface area contributed by atoms with Gasteiger partial charge in [0, 0.05) is 6.54 Å². The van der Waals surface area contributed by atoms with E-state index in [2.05, 4.69) is 18.3 Å². The average molecular weight is 222 g/mol. The zero-order valence-electron chi connectivity index (χ0n) is 10.1. The maximum Gasteiger partial charge on any atom is 0.0968 e. The zero-order chi connectivity index (χ0) is 11.6. The van der Waals surface area contributed by atoms with E-state index in [4.69, 9.17) is 0 Å². The monoisotopic (exact) mass is 222 g/mol. The van der Waals surface area contributed by atoms with Gasteiger partial charge in [-0.1, -0.05) is 26.2 Å². The average Bonchev–Trinajstić information content (AvgIpc) is 2.77. The third-order valence-corrected chi connectivity index (χ3v) is 4.67. The smallest absolute Gasteiger partial charge is 0.0968 e. The molecule has 1 saturated heterocycles. The Morgan fingerprint density at radius 2 is 2.31 bits per heavy atom. The van der Waals surface area contributed by atoms with E-state index in [1.807, 2.05) is 0 Å². The number of nitrogens with zero attached hydrogens (tertiary/aromatic N) is 1. The van der Waals surface area contributed by atoms with Gasteiger partial charge in [-0.25, -0.2) is 0 Å². The Bertz CT molecular complexity index is 291. The molecule has 3 atom stereocenters. The lowest BCUT2D eigenvalue weighted by molar-refractivity contribution is -0.0663. The molecule has 0 spiro atoms. The van der Waals surface area contributed by atoms with E-state index < -0.39 is 11.0 Å². The Balaban J connectivity index is 2.21. The van der Waals surface area contributed by atoms with Crippen LogP contribution in [0, 0.1) is 22.7 Å². The molecule has 3 nitrogen and oxygen atoms in total. The number of rotatable bonds is 2. The van der Waals surface area contributed by atoms with Gasteiger partial charge in [-0.2, -0.15) is 5.26 Å². The second kappa shape index (κ2) is 4.35. The second-order valence-electron chi connectivity index (χ2n) is 5.52. The van der Waals surface area contributed by atoms with Crippen LogP contribution in [-0.4, -0.2) is 23.8 Å². The minimum Gasteiger partial charge on any atom is -0.387 e. The van der Waals surface area contributed by atoms with Gasteiger partial charge in [-0.3, -0.25) is 0 Å². The van der Waals surface area contributed by atoms with Gasteiger partial charge in [0.25, 0.3) is 0 Å². The molecule has 3 heteroatoms. The molecular formula is C13H22N2O. The Labute approximate surface area is 97.8 Å². The van der Waals surface area contributed by atoms with Gasteiger partial charge in [-0.15, -0.1) is 0 Å². The molecule has 0 aromatic rings. The summed E-state index contributed by atoms with van der Waals surface area (Å²) in [6.45, 7) is 3.63. The van der Waals surface area contributed by atoms with Crippen LogP contribution in [0.15, 0.2) is 0 Å². The fraction of sp³-hybridized carbons (Fsp3) is 0.923. The standard InChI is InChI=1S/C13H22N2O/c1-2-11-4-3-5-12(8-11,9-14)13(16)6-7-15-10-13/h11,15-16H,2-8,10H2,1H3. The van der Waals surface area contributed by atoms with Crippen molar-refractivity contribution in [3.05, 3.63) is 0 Å². The maximum absolute atomic E-state index is 10.7. The molecule has 90 valence electrons. The lowest BCUT2D eigenvalue weighted by atomic mass is 9.60. The predicted molar refractivity (Wildman–Crippen MR) is 62.7 cm³/mol. The predicted octanol–water partition coefficient (Wildman–Crippen LogP) is 1.82. The lowest BCUT2D eigenvalue weighted by Crippen LogP contribution is -2.51. The normalized spacial score (nSPS) is 44.2. The highest BCUT2D eigenvalue weighted by Crippen LogP contribution is 2.49. The Hall–Kier alpha value is -0.590. The summed E-state index contributed by atoms with van der Waals surface area (Å²) >= 11 is 0. The van der Waals surface area contributed by atoms with Crippen LogP contribution in [0.5, 0.6) is 0 Å². The van der Waals surface area contributed by atoms with E-state index in [0.29, 0.717) is 12.5 Å². The third kappa shape index (κ3) is 1.74. The van der Waals surface area contributed by atoms with Crippen LogP contribution in [0.25, 0.3) is 0 Å². The number of nitrogens with one attached hydrogen (secondary N) is 1. The first-order chi connectivity index (χ1) is 7.66. The lowest BCUT2D eigenvalue weighted by Gasteiger charge is -2.44. The molecule has 16 heavy (non-hydrogen) atoms. The summed E-state index contributed by atoms with van der Waals surface area (Å²) in [6.07, 6.45) is 5.94. The first kappa shape index (κ1) is 11.9. The molecule has 2 fully saturated rings. The molecule has 0 aromatic heterocycles. The van der Waals surface area contributed by atoms with Gasteiger partial charge in [0.15, 0.2) is 0 Å². The summed E-state index contributed by atoms with van der Waals surface area (Å²) in [5, 5.41) is 23.4. The van der Waals surface area contributed by atoms with E-state index >= 15 is 0 Å². The largest absolute Gasteiger partial charge is 0.387 e. The van der Waals surface area contributed by atoms with Gasteiger partial charge in [0.05, 0.1) is 17.1 Å². The van der Waals surface area contributed by atoms with E-state index in [1.165, 1.54) is 6.42 Å². The summed E-state index contributed by atoms with van der Waals surface area (Å²) in [4.78, 5) is 0. The van der Waals surface area contributed by atoms with Crippen LogP contribution < -0.4 is 5.32 Å². The fourth-order valence-electron chi connectivity index (χ4n) is 3.45. The summed E-state index contributed by atoms with van der Waals surface area (Å²) in [7, 11) is 0. The molecule has 1 saturated carbocycles. The van der Waals surface area contributed by atoms with Crippen molar-refractivity contribution in [1.29, 1.82) is 5.26 Å². The molecule has 1 aliphatic heterocycles. The zero-order valence-corrected chi connectivity index (χ0v) is 10.1. The molecule has 0 amide bonds. The molecular weight excluding hydrogens is 200 g/mol. The number of nitriles is 1. The van der Waals surface area contributed by atoms with Gasteiger partial charge in [0.2, 0.25) is 0 Å². The number of hydrogen-bond donors (Lipinski definition) is 2. The Kier molecular flexibility index (Phi) is 3.23. The van der Waals surface area contributed by atoms with Crippen molar-refractivity contribution in [2.75, 3.05) is 13.1 Å². The van der Waals surface area contributed by atoms with Crippen molar-refractivity contribution in [2.45, 2.75) is 51.0 Å². The highest BCUT2D eigenvalue weighted by molar-refractivity contribution is 5.15. The summed E-state index contributed by atoms with van der Waals surface area (Å²) in [5.41, 5.74) is -1.27. The summed E-state index contributed by atoms with van der Waals surface area (Å²) < 4.78 is 0. The molecule has 2 rings (SSSR count). The highest BCUT2D eigenvalue weighted by atomic mass is 16.3. The maximum atomic E-state index is 10.7. The minimum absolute atomic E-state index is 0.491. The molecule has 2 aliphatic rings. The van der Waals surface area contributed by atoms with Crippen LogP contribution in [0.4, 0.5) is 0 Å². The van der Waals surface area contributed by atoms with E-state index in [-0.39, 0.29) is 0 Å². The van der Waals surface area contributed by atoms with Gasteiger partial charge in [-0.05, 0) is 31.7 Å². The third-order valence-electron chi connectivity index (χ3n) is 4.67. The minimum atomic E-state index is -0.782. The summed E-state index contributed by atoms with van der Waals surface area (Å²) in [5.74, 6) is 0.623. The second-order valence-corrected chi connectivity index (χ2v) is 5.52. The van der Waals surface area contributed by atoms with E-state index in [1.54, 1.807) is 0 Å². The molecule has 0 radical (unpaired) electrons. The van der Waals surface area contributed by atoms with Crippen LogP contribution >= 0.6 is 0 Å². The van der Waals surface area contributed by atoms with Crippen LogP contribution in [0.1, 0.15) is 45.4 Å². The Morgan fingerprint density at radius 1 is 1.50 bits per heavy atom. The first-order valence-corrected chi connectivity index (χ1v) is 6.50. The van der Waals surface area contributed by atoms with Crippen molar-refractivity contribution in [3.8, 4) is 6.07 Å². The topological polar surface area (TPSA) is 56.0 Å². The molecule has 0 aromatic carbocycles. The first-order valence-electron chi connectivity index (χ1n) is 6.50. The summed E-state index contributed by atoms with van der Waals surface area (Å²) in [6, 6.07) is 2.47. The van der Waals surface area contributed by atoms with Crippen molar-refractivity contribution >= 4 is 0 Å². The van der Waals surface area contributed by atoms with Crippen molar-refractivity contribution in [3.63, 3.8) is 0 Å². The Morgan fingerprint density at radius 3 is 2.88 bits per heavy atom. The van der Waals surface area contributed by atoms with Crippen molar-refractivity contribution in [1.82, 2.24) is 5.32 Å². The molecule has 1 heterocycles. The number of aliphatic hydroxyl groups is 1. The van der Waals surface area contributed by atoms with Gasteiger partial charge < -0.3 is 10.4 Å². The van der Waals surface area contributed by atoms with Crippen LogP contribution in [0.2, 0.25) is 0 Å². The van der Waals surface area contributed by atoms with Gasteiger partial charge in [0.1, 0.15) is 0 Å². The molecule has 2 N–H and O–H groups in total. The van der Waals surface area contributed by atoms with Gasteiger partial charge >= 0.3 is 0 Å². The quantitative estimate of drug-likeness (QED) is 0.749. The van der Waals surface area contributed by atoms with E-state index in [0.717, 1.165) is 38.6 Å². The SMILES string of the molecule is CCC1CCCC(C#N)(C2(O)CCNC2)C1. The molecule has 0 bridgehead atoms. The fourth-order valence-corrected chi connectivity index (χ4v) is 3.45. The van der Waals surface area contributed by atoms with Crippen LogP contribution in [0.3, 0.4) is 0 Å². The molecule has 1 aliphatic carbocycles. The van der Waals surface area contributed by atoms with Crippen LogP contribution in [-0.2, 0) is 0 Å². The number of β-amino-alcohol motifs (C(OH)–C–C–N with tert-alkyl or cyclic N) is 1. The highest BCUT2D eigenvalue weighted by Gasteiger charge is 2.53.